The lowest BCUT2D eigenvalue weighted by atomic mass is 10.1. The Bertz CT molecular complexity index is 730. The summed E-state index contributed by atoms with van der Waals surface area (Å²) in [6.45, 7) is 0. The van der Waals surface area contributed by atoms with Crippen molar-refractivity contribution < 1.29 is 4.39 Å². The maximum Gasteiger partial charge on any atom is 0.184 e. The number of nitrogens with two attached hydrogens (primary N) is 1. The average Bonchev–Trinajstić information content (AvgIpc) is 2.48. The number of hydrogen-bond acceptors (Lipinski definition) is 2. The SMILES string of the molecule is NC(=S)NN=Cc1ccc(F)cc1C#Cc1ccccc1. The third-order valence-corrected chi connectivity index (χ3v) is 2.60. The van der Waals surface area contributed by atoms with Gasteiger partial charge < -0.3 is 5.73 Å². The molecule has 0 aliphatic carbocycles. The molecule has 104 valence electrons. The number of hydrogen-bond donors (Lipinski definition) is 2. The molecule has 0 aliphatic heterocycles. The lowest BCUT2D eigenvalue weighted by molar-refractivity contribution is 0.627. The normalized spacial score (nSPS) is 9.95. The molecule has 2 aromatic carbocycles. The molecule has 0 amide bonds. The molecular formula is C16H12FN3S. The summed E-state index contributed by atoms with van der Waals surface area (Å²) in [5.41, 5.74) is 9.78. The molecule has 0 aromatic heterocycles. The molecule has 0 fully saturated rings. The summed E-state index contributed by atoms with van der Waals surface area (Å²) in [5.74, 6) is 5.56. The topological polar surface area (TPSA) is 50.4 Å². The molecule has 21 heavy (non-hydrogen) atoms. The van der Waals surface area contributed by atoms with Gasteiger partial charge in [0.25, 0.3) is 0 Å². The van der Waals surface area contributed by atoms with E-state index in [2.05, 4.69) is 34.6 Å². The van der Waals surface area contributed by atoms with Crippen LogP contribution < -0.4 is 11.2 Å². The molecule has 2 rings (SSSR count). The van der Waals surface area contributed by atoms with E-state index in [4.69, 9.17) is 5.73 Å². The molecule has 0 aliphatic rings. The van der Waals surface area contributed by atoms with E-state index in [0.717, 1.165) is 5.56 Å². The predicted octanol–water partition coefficient (Wildman–Crippen LogP) is 2.39. The van der Waals surface area contributed by atoms with Gasteiger partial charge in [-0.25, -0.2) is 4.39 Å². The smallest absolute Gasteiger partial charge is 0.184 e. The van der Waals surface area contributed by atoms with Crippen molar-refractivity contribution >= 4 is 23.5 Å². The fraction of sp³-hybridized carbons (Fsp3) is 0. The van der Waals surface area contributed by atoms with Crippen molar-refractivity contribution in [1.29, 1.82) is 0 Å². The molecule has 0 spiro atoms. The number of nitrogens with one attached hydrogen (secondary N) is 1. The molecule has 0 saturated carbocycles. The van der Waals surface area contributed by atoms with Gasteiger partial charge in [0.1, 0.15) is 5.82 Å². The first-order valence-corrected chi connectivity index (χ1v) is 6.51. The van der Waals surface area contributed by atoms with Crippen LogP contribution in [0.3, 0.4) is 0 Å². The fourth-order valence-electron chi connectivity index (χ4n) is 1.58. The van der Waals surface area contributed by atoms with Crippen molar-refractivity contribution in [3.05, 3.63) is 71.0 Å². The Labute approximate surface area is 127 Å². The van der Waals surface area contributed by atoms with Gasteiger partial charge in [-0.2, -0.15) is 5.10 Å². The molecule has 2 aromatic rings. The van der Waals surface area contributed by atoms with Gasteiger partial charge in [-0.15, -0.1) is 0 Å². The van der Waals surface area contributed by atoms with E-state index in [1.807, 2.05) is 30.3 Å². The van der Waals surface area contributed by atoms with E-state index in [1.54, 1.807) is 6.07 Å². The zero-order chi connectivity index (χ0) is 15.1. The predicted molar refractivity (Wildman–Crippen MR) is 86.3 cm³/mol. The van der Waals surface area contributed by atoms with Crippen LogP contribution in [-0.2, 0) is 0 Å². The van der Waals surface area contributed by atoms with E-state index in [-0.39, 0.29) is 10.9 Å². The number of benzene rings is 2. The summed E-state index contributed by atoms with van der Waals surface area (Å²) >= 11 is 4.64. The molecule has 5 heteroatoms. The second-order valence-electron chi connectivity index (χ2n) is 4.08. The lowest BCUT2D eigenvalue weighted by Gasteiger charge is -1.99. The standard InChI is InChI=1S/C16H12FN3S/c17-15-9-8-14(11-19-20-16(18)21)13(10-15)7-6-12-4-2-1-3-5-12/h1-5,8-11H,(H3,18,20,21). The number of nitrogens with zero attached hydrogens (tertiary/aromatic N) is 1. The molecule has 0 saturated heterocycles. The van der Waals surface area contributed by atoms with Gasteiger partial charge in [0, 0.05) is 16.7 Å². The van der Waals surface area contributed by atoms with Crippen LogP contribution in [0.25, 0.3) is 0 Å². The Morgan fingerprint density at radius 1 is 1.19 bits per heavy atom. The first-order chi connectivity index (χ1) is 10.1. The average molecular weight is 297 g/mol. The molecule has 0 bridgehead atoms. The lowest BCUT2D eigenvalue weighted by Crippen LogP contribution is -2.24. The van der Waals surface area contributed by atoms with E-state index in [9.17, 15) is 4.39 Å². The van der Waals surface area contributed by atoms with Crippen molar-refractivity contribution in [3.8, 4) is 11.8 Å². The van der Waals surface area contributed by atoms with Gasteiger partial charge in [0.05, 0.1) is 6.21 Å². The van der Waals surface area contributed by atoms with Crippen LogP contribution in [0.5, 0.6) is 0 Å². The Morgan fingerprint density at radius 2 is 1.95 bits per heavy atom. The molecule has 0 unspecified atom stereocenters. The zero-order valence-electron chi connectivity index (χ0n) is 11.0. The first-order valence-electron chi connectivity index (χ1n) is 6.10. The summed E-state index contributed by atoms with van der Waals surface area (Å²) in [7, 11) is 0. The molecule has 0 radical (unpaired) electrons. The fourth-order valence-corrected chi connectivity index (χ4v) is 1.63. The molecule has 3 nitrogen and oxygen atoms in total. The second-order valence-corrected chi connectivity index (χ2v) is 4.52. The minimum Gasteiger partial charge on any atom is -0.375 e. The summed E-state index contributed by atoms with van der Waals surface area (Å²) < 4.78 is 13.4. The third-order valence-electron chi connectivity index (χ3n) is 2.51. The highest BCUT2D eigenvalue weighted by Crippen LogP contribution is 2.09. The van der Waals surface area contributed by atoms with Crippen molar-refractivity contribution in [2.75, 3.05) is 0 Å². The Balaban J connectivity index is 2.30. The van der Waals surface area contributed by atoms with Crippen LogP contribution >= 0.6 is 12.2 Å². The molecular weight excluding hydrogens is 285 g/mol. The Morgan fingerprint density at radius 3 is 2.67 bits per heavy atom. The third kappa shape index (κ3) is 4.71. The minimum atomic E-state index is -0.355. The largest absolute Gasteiger partial charge is 0.375 e. The van der Waals surface area contributed by atoms with E-state index >= 15 is 0 Å². The highest BCUT2D eigenvalue weighted by atomic mass is 32.1. The first kappa shape index (κ1) is 14.7. The van der Waals surface area contributed by atoms with Gasteiger partial charge in [0.2, 0.25) is 0 Å². The van der Waals surface area contributed by atoms with Crippen LogP contribution in [0.15, 0.2) is 53.6 Å². The zero-order valence-corrected chi connectivity index (χ0v) is 11.8. The minimum absolute atomic E-state index is 0.0604. The van der Waals surface area contributed by atoms with Crippen molar-refractivity contribution in [1.82, 2.24) is 5.43 Å². The second kappa shape index (κ2) is 7.17. The van der Waals surface area contributed by atoms with Gasteiger partial charge in [0.15, 0.2) is 5.11 Å². The van der Waals surface area contributed by atoms with Crippen LogP contribution in [-0.4, -0.2) is 11.3 Å². The highest BCUT2D eigenvalue weighted by Gasteiger charge is 2.00. The molecule has 0 heterocycles. The van der Waals surface area contributed by atoms with Gasteiger partial charge in [-0.05, 0) is 42.5 Å². The number of halogens is 1. The van der Waals surface area contributed by atoms with Crippen LogP contribution in [0.1, 0.15) is 16.7 Å². The van der Waals surface area contributed by atoms with Crippen LogP contribution in [0.4, 0.5) is 4.39 Å². The molecule has 0 atom stereocenters. The van der Waals surface area contributed by atoms with Crippen LogP contribution in [0, 0.1) is 17.7 Å². The maximum absolute atomic E-state index is 13.4. The van der Waals surface area contributed by atoms with Gasteiger partial charge in [-0.3, -0.25) is 5.43 Å². The monoisotopic (exact) mass is 297 g/mol. The highest BCUT2D eigenvalue weighted by molar-refractivity contribution is 7.80. The summed E-state index contributed by atoms with van der Waals surface area (Å²) in [6, 6.07) is 13.8. The molecule has 3 N–H and O–H groups in total. The van der Waals surface area contributed by atoms with Crippen molar-refractivity contribution in [2.45, 2.75) is 0 Å². The number of thiocarbonyl (C=S) groups is 1. The summed E-state index contributed by atoms with van der Waals surface area (Å²) in [6.07, 6.45) is 1.49. The van der Waals surface area contributed by atoms with E-state index in [0.29, 0.717) is 11.1 Å². The summed E-state index contributed by atoms with van der Waals surface area (Å²) in [5, 5.41) is 3.92. The maximum atomic E-state index is 13.4. The van der Waals surface area contributed by atoms with E-state index < -0.39 is 0 Å². The van der Waals surface area contributed by atoms with Gasteiger partial charge >= 0.3 is 0 Å². The van der Waals surface area contributed by atoms with Crippen LogP contribution in [0.2, 0.25) is 0 Å². The van der Waals surface area contributed by atoms with Crippen molar-refractivity contribution in [2.24, 2.45) is 10.8 Å². The number of hydrazone groups is 1. The number of rotatable bonds is 2. The van der Waals surface area contributed by atoms with Gasteiger partial charge in [-0.1, -0.05) is 30.0 Å². The van der Waals surface area contributed by atoms with E-state index in [1.165, 1.54) is 18.3 Å². The Hall–Kier alpha value is -2.71. The quantitative estimate of drug-likeness (QED) is 0.387. The summed E-state index contributed by atoms with van der Waals surface area (Å²) in [4.78, 5) is 0. The van der Waals surface area contributed by atoms with Crippen molar-refractivity contribution in [3.63, 3.8) is 0 Å². The Kier molecular flexibility index (Phi) is 5.02.